The average molecular weight is 522 g/mol. The zero-order chi connectivity index (χ0) is 27.1. The number of carbonyl (C=O) groups is 1. The Labute approximate surface area is 227 Å². The lowest BCUT2D eigenvalue weighted by Gasteiger charge is -2.40. The Morgan fingerprint density at radius 2 is 1.84 bits per heavy atom. The van der Waals surface area contributed by atoms with Crippen LogP contribution in [0.3, 0.4) is 0 Å². The Kier molecular flexibility index (Phi) is 6.03. The third-order valence-corrected chi connectivity index (χ3v) is 10.5. The maximum Gasteiger partial charge on any atom is 0.254 e. The predicted octanol–water partition coefficient (Wildman–Crippen LogP) is 5.65. The molecule has 3 heterocycles. The standard InChI is InChI=1S/C32H44FN3O2/c1-18-14-19(2)34-21(4)25(18)16-36-17-32(12-13-32)27-26(30(36)37)20(3)29-24(28(27)33)15-31(5,38-29)22-8-10-23(11-9-22)35(6)7/h14,21-23,34H,8-13,15-17H2,1-7H3. The SMILES string of the molecule is CC1=CC(C)=C(CN2CC3(CC3)c3c(F)c4c(c(C)c3C2=O)OC(C)(C2CCC(N(C)C)CC2)C4)C(C)N1. The van der Waals surface area contributed by atoms with E-state index < -0.39 is 5.60 Å². The number of nitrogens with one attached hydrogen (secondary N) is 1. The van der Waals surface area contributed by atoms with Gasteiger partial charge in [0.1, 0.15) is 17.2 Å². The van der Waals surface area contributed by atoms with Crippen LogP contribution in [0.2, 0.25) is 0 Å². The number of rotatable bonds is 4. The molecule has 2 atom stereocenters. The first kappa shape index (κ1) is 25.9. The summed E-state index contributed by atoms with van der Waals surface area (Å²) < 4.78 is 23.2. The van der Waals surface area contributed by atoms with E-state index in [-0.39, 0.29) is 23.2 Å². The van der Waals surface area contributed by atoms with E-state index >= 15 is 4.39 Å². The number of halogens is 1. The summed E-state index contributed by atoms with van der Waals surface area (Å²) in [6.45, 7) is 11.7. The van der Waals surface area contributed by atoms with Crippen molar-refractivity contribution in [1.29, 1.82) is 0 Å². The summed E-state index contributed by atoms with van der Waals surface area (Å²) in [6, 6.07) is 0.789. The highest BCUT2D eigenvalue weighted by Gasteiger charge is 2.56. The number of fused-ring (bicyclic) bond motifs is 3. The Morgan fingerprint density at radius 3 is 2.45 bits per heavy atom. The van der Waals surface area contributed by atoms with Crippen molar-refractivity contribution in [3.05, 3.63) is 51.0 Å². The fraction of sp³-hybridized carbons (Fsp3) is 0.656. The second-order valence-corrected chi connectivity index (χ2v) is 13.4. The first-order valence-electron chi connectivity index (χ1n) is 14.6. The second-order valence-electron chi connectivity index (χ2n) is 13.4. The molecule has 0 radical (unpaired) electrons. The quantitative estimate of drug-likeness (QED) is 0.556. The Balaban J connectivity index is 1.33. The van der Waals surface area contributed by atoms with E-state index in [1.165, 1.54) is 11.1 Å². The van der Waals surface area contributed by atoms with E-state index in [0.717, 1.165) is 55.3 Å². The summed E-state index contributed by atoms with van der Waals surface area (Å²) in [5, 5.41) is 3.51. The van der Waals surface area contributed by atoms with E-state index in [1.807, 2.05) is 11.8 Å². The third-order valence-electron chi connectivity index (χ3n) is 10.5. The monoisotopic (exact) mass is 521 g/mol. The van der Waals surface area contributed by atoms with Gasteiger partial charge in [-0.15, -0.1) is 0 Å². The molecule has 6 rings (SSSR count). The van der Waals surface area contributed by atoms with Gasteiger partial charge in [0, 0.05) is 59.4 Å². The fourth-order valence-electron chi connectivity index (χ4n) is 8.06. The van der Waals surface area contributed by atoms with Gasteiger partial charge in [0.2, 0.25) is 0 Å². The number of hydrogen-bond acceptors (Lipinski definition) is 4. The number of amides is 1. The van der Waals surface area contributed by atoms with Crippen LogP contribution in [0.4, 0.5) is 4.39 Å². The van der Waals surface area contributed by atoms with Crippen LogP contribution < -0.4 is 10.1 Å². The number of nitrogens with zero attached hydrogens (tertiary/aromatic N) is 2. The summed E-state index contributed by atoms with van der Waals surface area (Å²) >= 11 is 0. The number of hydrogen-bond donors (Lipinski definition) is 1. The van der Waals surface area contributed by atoms with E-state index in [4.69, 9.17) is 4.74 Å². The fourth-order valence-corrected chi connectivity index (χ4v) is 8.06. The minimum absolute atomic E-state index is 0.0424. The number of allylic oxidation sites excluding steroid dienone is 3. The maximum absolute atomic E-state index is 16.5. The van der Waals surface area contributed by atoms with Crippen LogP contribution in [-0.2, 0) is 11.8 Å². The van der Waals surface area contributed by atoms with Gasteiger partial charge in [0.05, 0.1) is 5.56 Å². The van der Waals surface area contributed by atoms with Gasteiger partial charge in [-0.25, -0.2) is 4.39 Å². The number of ether oxygens (including phenoxy) is 1. The summed E-state index contributed by atoms with van der Waals surface area (Å²) in [5.41, 5.74) is 5.77. The molecule has 1 spiro atoms. The van der Waals surface area contributed by atoms with E-state index in [0.29, 0.717) is 48.3 Å². The minimum atomic E-state index is -0.413. The van der Waals surface area contributed by atoms with Gasteiger partial charge >= 0.3 is 0 Å². The van der Waals surface area contributed by atoms with Gasteiger partial charge < -0.3 is 19.9 Å². The van der Waals surface area contributed by atoms with Crippen molar-refractivity contribution < 1.29 is 13.9 Å². The minimum Gasteiger partial charge on any atom is -0.486 e. The lowest BCUT2D eigenvalue weighted by atomic mass is 9.74. The Morgan fingerprint density at radius 1 is 1.16 bits per heavy atom. The molecule has 38 heavy (non-hydrogen) atoms. The van der Waals surface area contributed by atoms with Crippen molar-refractivity contribution in [2.45, 2.75) is 103 Å². The molecule has 3 aliphatic heterocycles. The van der Waals surface area contributed by atoms with Gasteiger partial charge in [-0.2, -0.15) is 0 Å². The number of dihydropyridines is 1. The number of carbonyl (C=O) groups excluding carboxylic acids is 1. The molecule has 2 aliphatic carbocycles. The van der Waals surface area contributed by atoms with E-state index in [1.54, 1.807) is 0 Å². The largest absolute Gasteiger partial charge is 0.486 e. The molecular weight excluding hydrogens is 477 g/mol. The molecule has 1 amide bonds. The molecule has 2 unspecified atom stereocenters. The maximum atomic E-state index is 16.5. The molecule has 0 bridgehead atoms. The zero-order valence-electron chi connectivity index (χ0n) is 24.3. The van der Waals surface area contributed by atoms with Crippen LogP contribution >= 0.6 is 0 Å². The smallest absolute Gasteiger partial charge is 0.254 e. The third kappa shape index (κ3) is 3.92. The molecule has 0 aromatic heterocycles. The highest BCUT2D eigenvalue weighted by molar-refractivity contribution is 6.00. The number of benzene rings is 1. The molecule has 0 saturated heterocycles. The molecule has 1 aromatic rings. The van der Waals surface area contributed by atoms with E-state index in [2.05, 4.69) is 58.1 Å². The van der Waals surface area contributed by atoms with Gasteiger partial charge in [0.25, 0.3) is 5.91 Å². The molecule has 6 heteroatoms. The highest BCUT2D eigenvalue weighted by Crippen LogP contribution is 2.57. The predicted molar refractivity (Wildman–Crippen MR) is 149 cm³/mol. The topological polar surface area (TPSA) is 44.8 Å². The van der Waals surface area contributed by atoms with Crippen LogP contribution in [0.25, 0.3) is 0 Å². The average Bonchev–Trinajstić information content (AvgIpc) is 3.53. The lowest BCUT2D eigenvalue weighted by molar-refractivity contribution is 0.0157. The Bertz CT molecular complexity index is 1250. The van der Waals surface area contributed by atoms with Gasteiger partial charge in [-0.05, 0) is 110 Å². The summed E-state index contributed by atoms with van der Waals surface area (Å²) in [4.78, 5) is 18.4. The van der Waals surface area contributed by atoms with Crippen LogP contribution in [0.1, 0.15) is 93.3 Å². The zero-order valence-corrected chi connectivity index (χ0v) is 24.3. The van der Waals surface area contributed by atoms with Crippen molar-refractivity contribution in [2.24, 2.45) is 5.92 Å². The first-order chi connectivity index (χ1) is 17.9. The first-order valence-corrected chi connectivity index (χ1v) is 14.6. The van der Waals surface area contributed by atoms with Crippen molar-refractivity contribution >= 4 is 5.91 Å². The molecule has 5 aliphatic rings. The Hall–Kier alpha value is -2.34. The van der Waals surface area contributed by atoms with Crippen molar-refractivity contribution in [1.82, 2.24) is 15.1 Å². The van der Waals surface area contributed by atoms with Crippen LogP contribution in [0.15, 0.2) is 22.9 Å². The molecule has 206 valence electrons. The highest BCUT2D eigenvalue weighted by atomic mass is 19.1. The van der Waals surface area contributed by atoms with Crippen molar-refractivity contribution in [3.8, 4) is 5.75 Å². The van der Waals surface area contributed by atoms with E-state index in [9.17, 15) is 4.79 Å². The molecule has 2 fully saturated rings. The van der Waals surface area contributed by atoms with Crippen molar-refractivity contribution in [2.75, 3.05) is 27.2 Å². The molecule has 2 saturated carbocycles. The second kappa shape index (κ2) is 8.84. The van der Waals surface area contributed by atoms with Crippen molar-refractivity contribution in [3.63, 3.8) is 0 Å². The van der Waals surface area contributed by atoms with Crippen LogP contribution in [0.5, 0.6) is 5.75 Å². The summed E-state index contributed by atoms with van der Waals surface area (Å²) in [7, 11) is 4.32. The van der Waals surface area contributed by atoms with Crippen LogP contribution in [0, 0.1) is 18.7 Å². The lowest BCUT2D eigenvalue weighted by Crippen LogP contribution is -2.47. The summed E-state index contributed by atoms with van der Waals surface area (Å²) in [6.07, 6.45) is 9.14. The molecule has 5 nitrogen and oxygen atoms in total. The van der Waals surface area contributed by atoms with Crippen LogP contribution in [-0.4, -0.2) is 60.6 Å². The summed E-state index contributed by atoms with van der Waals surface area (Å²) in [5.74, 6) is 0.847. The van der Waals surface area contributed by atoms with Gasteiger partial charge in [-0.3, -0.25) is 4.79 Å². The normalized spacial score (nSPS) is 31.7. The molecular formula is C32H44FN3O2. The van der Waals surface area contributed by atoms with Gasteiger partial charge in [-0.1, -0.05) is 0 Å². The molecule has 1 aromatic carbocycles. The van der Waals surface area contributed by atoms with Gasteiger partial charge in [0.15, 0.2) is 0 Å². The molecule has 1 N–H and O–H groups in total.